The van der Waals surface area contributed by atoms with Crippen LogP contribution in [0, 0.1) is 0 Å². The number of piperidine rings is 1. The first-order valence-electron chi connectivity index (χ1n) is 8.43. The largest absolute Gasteiger partial charge is 0.465 e. The highest BCUT2D eigenvalue weighted by molar-refractivity contribution is 7.88. The van der Waals surface area contributed by atoms with E-state index < -0.39 is 16.0 Å². The number of benzene rings is 1. The number of esters is 1. The Labute approximate surface area is 149 Å². The quantitative estimate of drug-likeness (QED) is 0.544. The number of hydrogen-bond donors (Lipinski definition) is 1. The van der Waals surface area contributed by atoms with Crippen molar-refractivity contribution in [2.45, 2.75) is 31.1 Å². The fourth-order valence-corrected chi connectivity index (χ4v) is 4.45. The number of sulfonamides is 1. The standard InChI is InChI=1S/C17H26N2O5S/c1-23-17(20)16-6-3-2-5-14(16)13-25(21,22)19-10-7-15(8-11-19)24-12-4-9-18/h2-3,5-6,15H,4,7-13,18H2,1H3. The fourth-order valence-electron chi connectivity index (χ4n) is 2.85. The molecule has 1 heterocycles. The SMILES string of the molecule is COC(=O)c1ccccc1CS(=O)(=O)N1CCC(OCCCN)CC1. The van der Waals surface area contributed by atoms with Crippen molar-refractivity contribution in [3.63, 3.8) is 0 Å². The maximum absolute atomic E-state index is 12.7. The Morgan fingerprint density at radius 3 is 2.60 bits per heavy atom. The molecule has 140 valence electrons. The Morgan fingerprint density at radius 1 is 1.28 bits per heavy atom. The van der Waals surface area contributed by atoms with Gasteiger partial charge in [-0.05, 0) is 37.4 Å². The molecule has 1 saturated heterocycles. The number of carbonyl (C=O) groups excluding carboxylic acids is 1. The van der Waals surface area contributed by atoms with Gasteiger partial charge in [0, 0.05) is 19.7 Å². The van der Waals surface area contributed by atoms with Crippen molar-refractivity contribution in [2.24, 2.45) is 5.73 Å². The van der Waals surface area contributed by atoms with Crippen molar-refractivity contribution in [3.8, 4) is 0 Å². The van der Waals surface area contributed by atoms with E-state index in [9.17, 15) is 13.2 Å². The first-order chi connectivity index (χ1) is 12.0. The highest BCUT2D eigenvalue weighted by Crippen LogP contribution is 2.21. The van der Waals surface area contributed by atoms with Crippen LogP contribution in [0.5, 0.6) is 0 Å². The van der Waals surface area contributed by atoms with Crippen molar-refractivity contribution in [1.82, 2.24) is 4.31 Å². The summed E-state index contributed by atoms with van der Waals surface area (Å²) in [7, 11) is -2.22. The average Bonchev–Trinajstić information content (AvgIpc) is 2.62. The zero-order valence-corrected chi connectivity index (χ0v) is 15.3. The number of methoxy groups -OCH3 is 1. The van der Waals surface area contributed by atoms with Crippen LogP contribution < -0.4 is 5.73 Å². The summed E-state index contributed by atoms with van der Waals surface area (Å²) in [6.07, 6.45) is 2.23. The Bertz CT molecular complexity index is 669. The number of rotatable bonds is 8. The molecule has 1 aromatic carbocycles. The number of nitrogens with two attached hydrogens (primary N) is 1. The van der Waals surface area contributed by atoms with E-state index in [0.717, 1.165) is 6.42 Å². The van der Waals surface area contributed by atoms with Crippen LogP contribution in [-0.2, 0) is 25.2 Å². The van der Waals surface area contributed by atoms with Crippen molar-refractivity contribution in [1.29, 1.82) is 0 Å². The van der Waals surface area contributed by atoms with Crippen molar-refractivity contribution >= 4 is 16.0 Å². The molecule has 0 unspecified atom stereocenters. The van der Waals surface area contributed by atoms with Crippen LogP contribution in [0.3, 0.4) is 0 Å². The van der Waals surface area contributed by atoms with Crippen LogP contribution in [0.1, 0.15) is 35.2 Å². The highest BCUT2D eigenvalue weighted by atomic mass is 32.2. The molecule has 0 spiro atoms. The lowest BCUT2D eigenvalue weighted by molar-refractivity contribution is 0.0208. The normalized spacial score (nSPS) is 16.7. The minimum Gasteiger partial charge on any atom is -0.465 e. The molecule has 8 heteroatoms. The van der Waals surface area contributed by atoms with Gasteiger partial charge < -0.3 is 15.2 Å². The minimum absolute atomic E-state index is 0.0837. The van der Waals surface area contributed by atoms with Gasteiger partial charge in [0.25, 0.3) is 0 Å². The molecule has 1 aliphatic heterocycles. The number of hydrogen-bond acceptors (Lipinski definition) is 6. The second-order valence-corrected chi connectivity index (χ2v) is 7.99. The summed E-state index contributed by atoms with van der Waals surface area (Å²) in [6, 6.07) is 6.63. The summed E-state index contributed by atoms with van der Waals surface area (Å²) >= 11 is 0. The Morgan fingerprint density at radius 2 is 1.96 bits per heavy atom. The van der Waals surface area contributed by atoms with Gasteiger partial charge in [-0.1, -0.05) is 18.2 Å². The van der Waals surface area contributed by atoms with Gasteiger partial charge in [0.1, 0.15) is 0 Å². The van der Waals surface area contributed by atoms with E-state index in [4.69, 9.17) is 15.2 Å². The van der Waals surface area contributed by atoms with Crippen LogP contribution in [0.15, 0.2) is 24.3 Å². The summed E-state index contributed by atoms with van der Waals surface area (Å²) in [5.41, 5.74) is 6.18. The van der Waals surface area contributed by atoms with Crippen molar-refractivity contribution < 1.29 is 22.7 Å². The molecule has 0 radical (unpaired) electrons. The van der Waals surface area contributed by atoms with Crippen LogP contribution in [-0.4, -0.2) is 58.1 Å². The number of nitrogens with zero attached hydrogens (tertiary/aromatic N) is 1. The van der Waals surface area contributed by atoms with Crippen LogP contribution >= 0.6 is 0 Å². The molecule has 25 heavy (non-hydrogen) atoms. The first kappa shape index (κ1) is 19.8. The monoisotopic (exact) mass is 370 g/mol. The molecule has 1 fully saturated rings. The minimum atomic E-state index is -3.50. The van der Waals surface area contributed by atoms with Gasteiger partial charge in [0.05, 0.1) is 24.5 Å². The molecule has 7 nitrogen and oxygen atoms in total. The van der Waals surface area contributed by atoms with E-state index in [1.807, 2.05) is 0 Å². The summed E-state index contributed by atoms with van der Waals surface area (Å²) < 4.78 is 37.3. The molecule has 1 aliphatic rings. The molecule has 2 rings (SSSR count). The molecule has 0 saturated carbocycles. The Hall–Kier alpha value is -1.48. The topological polar surface area (TPSA) is 98.9 Å². The van der Waals surface area contributed by atoms with Gasteiger partial charge in [-0.2, -0.15) is 0 Å². The maximum atomic E-state index is 12.7. The molecule has 2 N–H and O–H groups in total. The Balaban J connectivity index is 1.98. The molecule has 0 aliphatic carbocycles. The lowest BCUT2D eigenvalue weighted by atomic mass is 10.1. The number of carbonyl (C=O) groups is 1. The zero-order chi connectivity index (χ0) is 18.3. The summed E-state index contributed by atoms with van der Waals surface area (Å²) in [5.74, 6) is -0.741. The second kappa shape index (κ2) is 9.28. The molecule has 0 aromatic heterocycles. The maximum Gasteiger partial charge on any atom is 0.338 e. The van der Waals surface area contributed by atoms with Crippen molar-refractivity contribution in [2.75, 3.05) is 33.4 Å². The molecule has 0 atom stereocenters. The van der Waals surface area contributed by atoms with Gasteiger partial charge in [-0.25, -0.2) is 17.5 Å². The van der Waals surface area contributed by atoms with E-state index in [1.165, 1.54) is 11.4 Å². The number of ether oxygens (including phenoxy) is 2. The third-order valence-electron chi connectivity index (χ3n) is 4.26. The highest BCUT2D eigenvalue weighted by Gasteiger charge is 2.29. The van der Waals surface area contributed by atoms with Gasteiger partial charge in [0.15, 0.2) is 0 Å². The fraction of sp³-hybridized carbons (Fsp3) is 0.588. The summed E-state index contributed by atoms with van der Waals surface area (Å²) in [6.45, 7) is 2.05. The first-order valence-corrected chi connectivity index (χ1v) is 10.0. The predicted molar refractivity (Wildman–Crippen MR) is 94.6 cm³/mol. The van der Waals surface area contributed by atoms with E-state index in [2.05, 4.69) is 0 Å². The van der Waals surface area contributed by atoms with E-state index in [0.29, 0.717) is 44.6 Å². The predicted octanol–water partition coefficient (Wildman–Crippen LogP) is 1.13. The lowest BCUT2D eigenvalue weighted by Gasteiger charge is -2.31. The third-order valence-corrected chi connectivity index (χ3v) is 6.08. The molecule has 0 bridgehead atoms. The van der Waals surface area contributed by atoms with E-state index in [1.54, 1.807) is 24.3 Å². The van der Waals surface area contributed by atoms with Crippen LogP contribution in [0.2, 0.25) is 0 Å². The van der Waals surface area contributed by atoms with Gasteiger partial charge in [-0.15, -0.1) is 0 Å². The molecule has 0 amide bonds. The third kappa shape index (κ3) is 5.50. The lowest BCUT2D eigenvalue weighted by Crippen LogP contribution is -2.41. The zero-order valence-electron chi connectivity index (χ0n) is 14.5. The summed E-state index contributed by atoms with van der Waals surface area (Å²) in [5, 5.41) is 0. The molecular weight excluding hydrogens is 344 g/mol. The van der Waals surface area contributed by atoms with Gasteiger partial charge in [0.2, 0.25) is 10.0 Å². The Kier molecular flexibility index (Phi) is 7.37. The van der Waals surface area contributed by atoms with Crippen LogP contribution in [0.4, 0.5) is 0 Å². The molecular formula is C17H26N2O5S. The average molecular weight is 370 g/mol. The van der Waals surface area contributed by atoms with Gasteiger partial charge >= 0.3 is 5.97 Å². The van der Waals surface area contributed by atoms with Crippen LogP contribution in [0.25, 0.3) is 0 Å². The molecule has 1 aromatic rings. The smallest absolute Gasteiger partial charge is 0.338 e. The van der Waals surface area contributed by atoms with E-state index >= 15 is 0 Å². The second-order valence-electron chi connectivity index (χ2n) is 6.02. The van der Waals surface area contributed by atoms with Crippen molar-refractivity contribution in [3.05, 3.63) is 35.4 Å². The van der Waals surface area contributed by atoms with E-state index in [-0.39, 0.29) is 17.4 Å². The summed E-state index contributed by atoms with van der Waals surface area (Å²) in [4.78, 5) is 11.8. The van der Waals surface area contributed by atoms with Gasteiger partial charge in [-0.3, -0.25) is 0 Å².